The van der Waals surface area contributed by atoms with Crippen molar-refractivity contribution < 1.29 is 0 Å². The maximum Gasteiger partial charge on any atom is -0.0414 e. The van der Waals surface area contributed by atoms with Crippen molar-refractivity contribution in [3.8, 4) is 0 Å². The van der Waals surface area contributed by atoms with E-state index in [1.54, 1.807) is 38.5 Å². The first-order valence-electron chi connectivity index (χ1n) is 7.95. The van der Waals surface area contributed by atoms with Gasteiger partial charge in [0.15, 0.2) is 0 Å². The lowest BCUT2D eigenvalue weighted by molar-refractivity contribution is 0.303. The quantitative estimate of drug-likeness (QED) is 0.523. The van der Waals surface area contributed by atoms with Crippen LogP contribution in [-0.4, -0.2) is 0 Å². The first-order chi connectivity index (χ1) is 7.95. The van der Waals surface area contributed by atoms with Gasteiger partial charge in [-0.15, -0.1) is 0 Å². The highest BCUT2D eigenvalue weighted by Gasteiger charge is 2.15. The van der Waals surface area contributed by atoms with Gasteiger partial charge in [0.1, 0.15) is 0 Å². The van der Waals surface area contributed by atoms with Crippen LogP contribution in [-0.2, 0) is 0 Å². The SMILES string of the molecule is C1CCC(CCCCC2CCCCC2)CC1. The molecule has 0 aliphatic heterocycles. The zero-order chi connectivity index (χ0) is 11.1. The Labute approximate surface area is 102 Å². The van der Waals surface area contributed by atoms with Gasteiger partial charge in [-0.05, 0) is 11.8 Å². The van der Waals surface area contributed by atoms with E-state index in [0.717, 1.165) is 11.8 Å². The van der Waals surface area contributed by atoms with E-state index >= 15 is 0 Å². The molecule has 0 nitrogen and oxygen atoms in total. The maximum absolute atomic E-state index is 1.55. The summed E-state index contributed by atoms with van der Waals surface area (Å²) in [7, 11) is 0. The van der Waals surface area contributed by atoms with Gasteiger partial charge < -0.3 is 0 Å². The van der Waals surface area contributed by atoms with E-state index in [1.165, 1.54) is 51.4 Å². The molecule has 0 spiro atoms. The summed E-state index contributed by atoms with van der Waals surface area (Å²) in [5.74, 6) is 2.22. The zero-order valence-electron chi connectivity index (χ0n) is 11.1. The molecule has 94 valence electrons. The van der Waals surface area contributed by atoms with E-state index in [9.17, 15) is 0 Å². The van der Waals surface area contributed by atoms with Crippen molar-refractivity contribution in [2.24, 2.45) is 11.8 Å². The van der Waals surface area contributed by atoms with Crippen LogP contribution in [0.2, 0.25) is 0 Å². The number of hydrogen-bond acceptors (Lipinski definition) is 0. The summed E-state index contributed by atoms with van der Waals surface area (Å²) >= 11 is 0. The van der Waals surface area contributed by atoms with Crippen LogP contribution in [0.3, 0.4) is 0 Å². The Kier molecular flexibility index (Phi) is 5.72. The van der Waals surface area contributed by atoms with E-state index in [2.05, 4.69) is 0 Å². The van der Waals surface area contributed by atoms with E-state index in [4.69, 9.17) is 0 Å². The third-order valence-electron chi connectivity index (χ3n) is 4.92. The van der Waals surface area contributed by atoms with Gasteiger partial charge in [0, 0.05) is 0 Å². The molecule has 2 aliphatic carbocycles. The smallest absolute Gasteiger partial charge is 0.0414 e. The van der Waals surface area contributed by atoms with Gasteiger partial charge in [0.2, 0.25) is 0 Å². The van der Waals surface area contributed by atoms with Crippen molar-refractivity contribution in [1.82, 2.24) is 0 Å². The largest absolute Gasteiger partial charge is 0.0533 e. The second-order valence-electron chi connectivity index (χ2n) is 6.29. The fourth-order valence-electron chi connectivity index (χ4n) is 3.82. The lowest BCUT2D eigenvalue weighted by Gasteiger charge is -2.23. The Hall–Kier alpha value is 0. The number of unbranched alkanes of at least 4 members (excludes halogenated alkanes) is 1. The highest BCUT2D eigenvalue weighted by Crippen LogP contribution is 2.30. The Morgan fingerprint density at radius 3 is 1.25 bits per heavy atom. The van der Waals surface area contributed by atoms with E-state index in [1.807, 2.05) is 0 Å². The van der Waals surface area contributed by atoms with Gasteiger partial charge in [-0.1, -0.05) is 89.9 Å². The molecule has 0 radical (unpaired) electrons. The van der Waals surface area contributed by atoms with Crippen LogP contribution in [0.4, 0.5) is 0 Å². The van der Waals surface area contributed by atoms with Gasteiger partial charge in [-0.25, -0.2) is 0 Å². The molecule has 0 saturated heterocycles. The lowest BCUT2D eigenvalue weighted by Crippen LogP contribution is -2.08. The van der Waals surface area contributed by atoms with Crippen molar-refractivity contribution in [1.29, 1.82) is 0 Å². The number of hydrogen-bond donors (Lipinski definition) is 0. The second kappa shape index (κ2) is 7.35. The molecule has 0 unspecified atom stereocenters. The summed E-state index contributed by atoms with van der Waals surface area (Å²) in [5.41, 5.74) is 0. The van der Waals surface area contributed by atoms with Crippen LogP contribution in [0.15, 0.2) is 0 Å². The zero-order valence-corrected chi connectivity index (χ0v) is 11.1. The molecule has 0 aromatic rings. The summed E-state index contributed by atoms with van der Waals surface area (Å²) in [4.78, 5) is 0. The van der Waals surface area contributed by atoms with E-state index < -0.39 is 0 Å². The molecule has 16 heavy (non-hydrogen) atoms. The van der Waals surface area contributed by atoms with Crippen LogP contribution in [0.25, 0.3) is 0 Å². The molecule has 0 aromatic heterocycles. The van der Waals surface area contributed by atoms with Crippen molar-refractivity contribution in [3.05, 3.63) is 0 Å². The molecule has 0 bridgehead atoms. The average molecular weight is 222 g/mol. The Balaban J connectivity index is 1.47. The normalized spacial score (nSPS) is 24.8. The van der Waals surface area contributed by atoms with E-state index in [-0.39, 0.29) is 0 Å². The predicted octanol–water partition coefficient (Wildman–Crippen LogP) is 5.71. The summed E-state index contributed by atoms with van der Waals surface area (Å²) < 4.78 is 0. The summed E-state index contributed by atoms with van der Waals surface area (Å²) in [5, 5.41) is 0. The molecule has 2 fully saturated rings. The van der Waals surface area contributed by atoms with Gasteiger partial charge in [-0.2, -0.15) is 0 Å². The predicted molar refractivity (Wildman–Crippen MR) is 71.6 cm³/mol. The molecule has 0 heteroatoms. The molecule has 2 rings (SSSR count). The summed E-state index contributed by atoms with van der Waals surface area (Å²) in [6, 6.07) is 0. The van der Waals surface area contributed by atoms with Crippen LogP contribution in [0, 0.1) is 11.8 Å². The van der Waals surface area contributed by atoms with Crippen molar-refractivity contribution >= 4 is 0 Å². The average Bonchev–Trinajstić information content (AvgIpc) is 2.37. The molecule has 0 atom stereocenters. The lowest BCUT2D eigenvalue weighted by atomic mass is 9.83. The molecule has 0 aromatic carbocycles. The topological polar surface area (TPSA) is 0 Å². The molecule has 0 amide bonds. The van der Waals surface area contributed by atoms with Gasteiger partial charge in [0.05, 0.1) is 0 Å². The van der Waals surface area contributed by atoms with Crippen LogP contribution >= 0.6 is 0 Å². The first-order valence-corrected chi connectivity index (χ1v) is 7.95. The molecule has 0 heterocycles. The van der Waals surface area contributed by atoms with Crippen LogP contribution in [0.5, 0.6) is 0 Å². The van der Waals surface area contributed by atoms with Crippen molar-refractivity contribution in [2.45, 2.75) is 89.9 Å². The summed E-state index contributed by atoms with van der Waals surface area (Å²) in [6.45, 7) is 0. The molecule has 2 saturated carbocycles. The Morgan fingerprint density at radius 1 is 0.500 bits per heavy atom. The molecular weight excluding hydrogens is 192 g/mol. The Bertz CT molecular complexity index is 141. The second-order valence-corrected chi connectivity index (χ2v) is 6.29. The van der Waals surface area contributed by atoms with Crippen LogP contribution < -0.4 is 0 Å². The van der Waals surface area contributed by atoms with E-state index in [0.29, 0.717) is 0 Å². The minimum atomic E-state index is 1.11. The molecular formula is C16H30. The van der Waals surface area contributed by atoms with Gasteiger partial charge in [0.25, 0.3) is 0 Å². The fraction of sp³-hybridized carbons (Fsp3) is 1.00. The fourth-order valence-corrected chi connectivity index (χ4v) is 3.82. The van der Waals surface area contributed by atoms with Crippen molar-refractivity contribution in [2.75, 3.05) is 0 Å². The number of rotatable bonds is 5. The third-order valence-corrected chi connectivity index (χ3v) is 4.92. The first kappa shape index (κ1) is 12.5. The Morgan fingerprint density at radius 2 is 0.875 bits per heavy atom. The van der Waals surface area contributed by atoms with Crippen molar-refractivity contribution in [3.63, 3.8) is 0 Å². The van der Waals surface area contributed by atoms with Gasteiger partial charge in [-0.3, -0.25) is 0 Å². The highest BCUT2D eigenvalue weighted by atomic mass is 14.2. The maximum atomic E-state index is 1.55. The molecule has 2 aliphatic rings. The minimum Gasteiger partial charge on any atom is -0.0533 e. The van der Waals surface area contributed by atoms with Crippen LogP contribution in [0.1, 0.15) is 89.9 Å². The summed E-state index contributed by atoms with van der Waals surface area (Å²) in [6.07, 6.45) is 21.4. The minimum absolute atomic E-state index is 1.11. The monoisotopic (exact) mass is 222 g/mol. The highest BCUT2D eigenvalue weighted by molar-refractivity contribution is 4.68. The van der Waals surface area contributed by atoms with Gasteiger partial charge >= 0.3 is 0 Å². The third kappa shape index (κ3) is 4.47. The molecule has 0 N–H and O–H groups in total. The standard InChI is InChI=1S/C16H30/c1-3-9-15(10-4-1)13-7-8-14-16-11-5-2-6-12-16/h15-16H,1-14H2.